The number of nitriles is 1. The summed E-state index contributed by atoms with van der Waals surface area (Å²) in [4.78, 5) is 0. The molecule has 0 spiro atoms. The molecular formula is C15H20N2. The lowest BCUT2D eigenvalue weighted by molar-refractivity contribution is 0.452. The molecule has 0 bridgehead atoms. The zero-order chi connectivity index (χ0) is 12.1. The Morgan fingerprint density at radius 3 is 2.53 bits per heavy atom. The number of benzene rings is 1. The van der Waals surface area contributed by atoms with Crippen LogP contribution in [0.3, 0.4) is 0 Å². The molecule has 0 amide bonds. The normalized spacial score (nSPS) is 17.9. The Morgan fingerprint density at radius 1 is 1.29 bits per heavy atom. The molecule has 1 N–H and O–H groups in total. The van der Waals surface area contributed by atoms with Gasteiger partial charge in [-0.25, -0.2) is 0 Å². The maximum Gasteiger partial charge on any atom is 0.0991 e. The van der Waals surface area contributed by atoms with E-state index in [0.717, 1.165) is 18.0 Å². The van der Waals surface area contributed by atoms with Gasteiger partial charge in [0.2, 0.25) is 0 Å². The van der Waals surface area contributed by atoms with E-state index in [4.69, 9.17) is 5.26 Å². The highest BCUT2D eigenvalue weighted by Gasteiger charge is 2.15. The van der Waals surface area contributed by atoms with Crippen LogP contribution in [0.5, 0.6) is 0 Å². The summed E-state index contributed by atoms with van der Waals surface area (Å²) < 4.78 is 0. The van der Waals surface area contributed by atoms with Crippen molar-refractivity contribution < 1.29 is 0 Å². The van der Waals surface area contributed by atoms with E-state index < -0.39 is 0 Å². The Kier molecular flexibility index (Phi) is 4.17. The Hall–Kier alpha value is -1.33. The Bertz CT molecular complexity index is 382. The minimum Gasteiger partial charge on any atom is -0.310 e. The molecule has 1 aliphatic carbocycles. The van der Waals surface area contributed by atoms with Crippen LogP contribution in [0.25, 0.3) is 0 Å². The Labute approximate surface area is 104 Å². The van der Waals surface area contributed by atoms with E-state index in [-0.39, 0.29) is 0 Å². The Balaban J connectivity index is 1.85. The van der Waals surface area contributed by atoms with Crippen molar-refractivity contribution in [1.82, 2.24) is 5.32 Å². The van der Waals surface area contributed by atoms with Gasteiger partial charge in [-0.05, 0) is 49.9 Å². The summed E-state index contributed by atoms with van der Waals surface area (Å²) in [6, 6.07) is 10.4. The molecule has 2 nitrogen and oxygen atoms in total. The number of rotatable bonds is 4. The first-order chi connectivity index (χ1) is 8.29. The summed E-state index contributed by atoms with van der Waals surface area (Å²) >= 11 is 0. The van der Waals surface area contributed by atoms with Gasteiger partial charge >= 0.3 is 0 Å². The summed E-state index contributed by atoms with van der Waals surface area (Å²) in [6.45, 7) is 3.32. The number of nitrogens with zero attached hydrogens (tertiary/aromatic N) is 1. The van der Waals surface area contributed by atoms with Crippen molar-refractivity contribution >= 4 is 0 Å². The number of nitrogens with one attached hydrogen (secondary N) is 1. The molecule has 1 aromatic rings. The van der Waals surface area contributed by atoms with Gasteiger partial charge in [-0.2, -0.15) is 5.26 Å². The molecule has 2 rings (SSSR count). The van der Waals surface area contributed by atoms with E-state index in [0.29, 0.717) is 6.04 Å². The first-order valence-electron chi connectivity index (χ1n) is 6.53. The summed E-state index contributed by atoms with van der Waals surface area (Å²) in [7, 11) is 0. The minimum absolute atomic E-state index is 0.378. The van der Waals surface area contributed by atoms with E-state index in [1.54, 1.807) is 0 Å². The highest BCUT2D eigenvalue weighted by molar-refractivity contribution is 5.32. The van der Waals surface area contributed by atoms with Crippen LogP contribution in [0.2, 0.25) is 0 Å². The smallest absolute Gasteiger partial charge is 0.0991 e. The number of hydrogen-bond acceptors (Lipinski definition) is 2. The lowest BCUT2D eigenvalue weighted by Gasteiger charge is -2.17. The van der Waals surface area contributed by atoms with Crippen LogP contribution >= 0.6 is 0 Å². The maximum atomic E-state index is 8.75. The summed E-state index contributed by atoms with van der Waals surface area (Å²) in [5.41, 5.74) is 2.00. The topological polar surface area (TPSA) is 35.8 Å². The molecule has 1 unspecified atom stereocenters. The van der Waals surface area contributed by atoms with Crippen LogP contribution in [0.15, 0.2) is 24.3 Å². The van der Waals surface area contributed by atoms with Gasteiger partial charge < -0.3 is 5.32 Å². The highest BCUT2D eigenvalue weighted by Crippen LogP contribution is 2.24. The molecule has 0 radical (unpaired) electrons. The van der Waals surface area contributed by atoms with Gasteiger partial charge in [-0.15, -0.1) is 0 Å². The SMILES string of the molecule is CC(NCC1CCCC1)c1ccc(C#N)cc1. The summed E-state index contributed by atoms with van der Waals surface area (Å²) in [5, 5.41) is 12.3. The van der Waals surface area contributed by atoms with Crippen molar-refractivity contribution in [2.45, 2.75) is 38.6 Å². The minimum atomic E-state index is 0.378. The fraction of sp³-hybridized carbons (Fsp3) is 0.533. The molecule has 0 heterocycles. The number of hydrogen-bond donors (Lipinski definition) is 1. The fourth-order valence-electron chi connectivity index (χ4n) is 2.52. The zero-order valence-electron chi connectivity index (χ0n) is 10.4. The Morgan fingerprint density at radius 2 is 1.94 bits per heavy atom. The van der Waals surface area contributed by atoms with Crippen LogP contribution in [-0.4, -0.2) is 6.54 Å². The average Bonchev–Trinajstić information content (AvgIpc) is 2.89. The van der Waals surface area contributed by atoms with Gasteiger partial charge in [0, 0.05) is 6.04 Å². The second-order valence-corrected chi connectivity index (χ2v) is 5.01. The molecule has 90 valence electrons. The van der Waals surface area contributed by atoms with E-state index in [1.807, 2.05) is 24.3 Å². The standard InChI is InChI=1S/C15H20N2/c1-12(17-11-14-4-2-3-5-14)15-8-6-13(10-16)7-9-15/h6-9,12,14,17H,2-5,11H2,1H3. The molecule has 1 aliphatic rings. The van der Waals surface area contributed by atoms with Crippen molar-refractivity contribution in [2.75, 3.05) is 6.54 Å². The van der Waals surface area contributed by atoms with Gasteiger partial charge in [-0.1, -0.05) is 25.0 Å². The summed E-state index contributed by atoms with van der Waals surface area (Å²) in [6.07, 6.45) is 5.56. The first-order valence-corrected chi connectivity index (χ1v) is 6.53. The molecule has 0 saturated heterocycles. The lowest BCUT2D eigenvalue weighted by atomic mass is 10.0. The first kappa shape index (κ1) is 12.1. The molecule has 1 aromatic carbocycles. The van der Waals surface area contributed by atoms with Crippen LogP contribution in [0.1, 0.15) is 49.8 Å². The van der Waals surface area contributed by atoms with E-state index in [1.165, 1.54) is 31.2 Å². The monoisotopic (exact) mass is 228 g/mol. The lowest BCUT2D eigenvalue weighted by Crippen LogP contribution is -2.24. The fourth-order valence-corrected chi connectivity index (χ4v) is 2.52. The quantitative estimate of drug-likeness (QED) is 0.857. The third-order valence-electron chi connectivity index (χ3n) is 3.73. The van der Waals surface area contributed by atoms with E-state index in [2.05, 4.69) is 18.3 Å². The van der Waals surface area contributed by atoms with Gasteiger partial charge in [-0.3, -0.25) is 0 Å². The van der Waals surface area contributed by atoms with E-state index in [9.17, 15) is 0 Å². The second kappa shape index (κ2) is 5.84. The second-order valence-electron chi connectivity index (χ2n) is 5.01. The van der Waals surface area contributed by atoms with Crippen LogP contribution in [0.4, 0.5) is 0 Å². The van der Waals surface area contributed by atoms with Crippen molar-refractivity contribution in [2.24, 2.45) is 5.92 Å². The third-order valence-corrected chi connectivity index (χ3v) is 3.73. The zero-order valence-corrected chi connectivity index (χ0v) is 10.4. The van der Waals surface area contributed by atoms with Crippen molar-refractivity contribution in [3.63, 3.8) is 0 Å². The molecule has 1 saturated carbocycles. The predicted octanol–water partition coefficient (Wildman–Crippen LogP) is 3.40. The average molecular weight is 228 g/mol. The molecule has 0 aromatic heterocycles. The largest absolute Gasteiger partial charge is 0.310 e. The van der Waals surface area contributed by atoms with Crippen molar-refractivity contribution in [3.05, 3.63) is 35.4 Å². The van der Waals surface area contributed by atoms with Gasteiger partial charge in [0.25, 0.3) is 0 Å². The van der Waals surface area contributed by atoms with Gasteiger partial charge in [0.05, 0.1) is 11.6 Å². The van der Waals surface area contributed by atoms with Crippen LogP contribution < -0.4 is 5.32 Å². The molecule has 17 heavy (non-hydrogen) atoms. The van der Waals surface area contributed by atoms with E-state index >= 15 is 0 Å². The molecule has 1 atom stereocenters. The molecule has 1 fully saturated rings. The predicted molar refractivity (Wildman–Crippen MR) is 69.5 cm³/mol. The van der Waals surface area contributed by atoms with Crippen molar-refractivity contribution in [1.29, 1.82) is 5.26 Å². The highest BCUT2D eigenvalue weighted by atomic mass is 14.9. The van der Waals surface area contributed by atoms with Crippen LogP contribution in [-0.2, 0) is 0 Å². The third kappa shape index (κ3) is 3.31. The van der Waals surface area contributed by atoms with Gasteiger partial charge in [0.1, 0.15) is 0 Å². The molecule has 2 heteroatoms. The molecular weight excluding hydrogens is 208 g/mol. The van der Waals surface area contributed by atoms with Crippen molar-refractivity contribution in [3.8, 4) is 6.07 Å². The van der Waals surface area contributed by atoms with Crippen LogP contribution in [0, 0.1) is 17.2 Å². The molecule has 0 aliphatic heterocycles. The maximum absolute atomic E-state index is 8.75. The van der Waals surface area contributed by atoms with Gasteiger partial charge in [0.15, 0.2) is 0 Å². The summed E-state index contributed by atoms with van der Waals surface area (Å²) in [5.74, 6) is 0.871.